The van der Waals surface area contributed by atoms with Gasteiger partial charge in [-0.1, -0.05) is 32.4 Å². The Kier molecular flexibility index (Phi) is 7.67. The lowest BCUT2D eigenvalue weighted by molar-refractivity contribution is 0.0767. The van der Waals surface area contributed by atoms with Gasteiger partial charge in [-0.2, -0.15) is 5.10 Å². The van der Waals surface area contributed by atoms with Gasteiger partial charge in [0, 0.05) is 38.2 Å². The molecule has 0 spiro atoms. The predicted molar refractivity (Wildman–Crippen MR) is 149 cm³/mol. The van der Waals surface area contributed by atoms with Crippen molar-refractivity contribution in [2.24, 2.45) is 0 Å². The molecular formula is C30H35FN6O. The van der Waals surface area contributed by atoms with Gasteiger partial charge in [-0.25, -0.2) is 19.0 Å². The van der Waals surface area contributed by atoms with E-state index in [4.69, 9.17) is 15.1 Å². The average molecular weight is 515 g/mol. The number of amides is 1. The van der Waals surface area contributed by atoms with Gasteiger partial charge in [0.2, 0.25) is 0 Å². The van der Waals surface area contributed by atoms with Crippen LogP contribution in [0.3, 0.4) is 0 Å². The summed E-state index contributed by atoms with van der Waals surface area (Å²) in [6, 6.07) is 14.3. The maximum atomic E-state index is 13.6. The molecule has 0 radical (unpaired) electrons. The van der Waals surface area contributed by atoms with Crippen LogP contribution in [-0.4, -0.2) is 56.7 Å². The highest BCUT2D eigenvalue weighted by molar-refractivity contribution is 5.94. The molecule has 1 fully saturated rings. The first-order valence-corrected chi connectivity index (χ1v) is 13.6. The third-order valence-electron chi connectivity index (χ3n) is 7.25. The fourth-order valence-electron chi connectivity index (χ4n) is 5.04. The standard InChI is InChI=1S/C30H35FN6O/c1-4-6-8-26-32-28(27-21(3)34-37(29(27)33-26)25-15-13-24(31)14-16-25)35-17-7-18-36(20-19-35)30(38)23-11-9-22(5-2)10-12-23/h9-16H,4-8,17-20H2,1-3H3. The van der Waals surface area contributed by atoms with Gasteiger partial charge < -0.3 is 9.80 Å². The van der Waals surface area contributed by atoms with Crippen LogP contribution in [0.1, 0.15) is 60.5 Å². The molecule has 1 saturated heterocycles. The number of carbonyl (C=O) groups excluding carboxylic acids is 1. The number of hydrogen-bond acceptors (Lipinski definition) is 5. The van der Waals surface area contributed by atoms with Crippen molar-refractivity contribution in [1.82, 2.24) is 24.6 Å². The van der Waals surface area contributed by atoms with Crippen molar-refractivity contribution in [1.29, 1.82) is 0 Å². The highest BCUT2D eigenvalue weighted by Gasteiger charge is 2.25. The van der Waals surface area contributed by atoms with Crippen LogP contribution in [0.5, 0.6) is 0 Å². The molecule has 38 heavy (non-hydrogen) atoms. The second kappa shape index (κ2) is 11.3. The second-order valence-corrected chi connectivity index (χ2v) is 9.92. The summed E-state index contributed by atoms with van der Waals surface area (Å²) in [5, 5.41) is 5.69. The Morgan fingerprint density at radius 2 is 1.71 bits per heavy atom. The van der Waals surface area contributed by atoms with Gasteiger partial charge in [0.25, 0.3) is 5.91 Å². The zero-order chi connectivity index (χ0) is 26.6. The van der Waals surface area contributed by atoms with Crippen molar-refractivity contribution >= 4 is 22.8 Å². The van der Waals surface area contributed by atoms with E-state index in [0.29, 0.717) is 19.6 Å². The molecule has 0 atom stereocenters. The van der Waals surface area contributed by atoms with Crippen LogP contribution in [0.15, 0.2) is 48.5 Å². The number of benzene rings is 2. The number of aryl methyl sites for hydroxylation is 3. The van der Waals surface area contributed by atoms with E-state index >= 15 is 0 Å². The first kappa shape index (κ1) is 25.8. The molecule has 7 nitrogen and oxygen atoms in total. The summed E-state index contributed by atoms with van der Waals surface area (Å²) in [7, 11) is 0. The minimum atomic E-state index is -0.286. The topological polar surface area (TPSA) is 67.2 Å². The first-order valence-electron chi connectivity index (χ1n) is 13.6. The van der Waals surface area contributed by atoms with Crippen LogP contribution in [0, 0.1) is 12.7 Å². The monoisotopic (exact) mass is 514 g/mol. The van der Waals surface area contributed by atoms with Gasteiger partial charge >= 0.3 is 0 Å². The van der Waals surface area contributed by atoms with E-state index in [9.17, 15) is 9.18 Å². The Balaban J connectivity index is 1.47. The van der Waals surface area contributed by atoms with Crippen molar-refractivity contribution in [3.63, 3.8) is 0 Å². The lowest BCUT2D eigenvalue weighted by atomic mass is 10.1. The molecular weight excluding hydrogens is 479 g/mol. The van der Waals surface area contributed by atoms with Crippen LogP contribution < -0.4 is 4.90 Å². The Bertz CT molecular complexity index is 1410. The number of nitrogens with zero attached hydrogens (tertiary/aromatic N) is 6. The lowest BCUT2D eigenvalue weighted by Gasteiger charge is -2.24. The van der Waals surface area contributed by atoms with Gasteiger partial charge in [0.05, 0.1) is 16.8 Å². The van der Waals surface area contributed by atoms with E-state index in [2.05, 4.69) is 18.7 Å². The van der Waals surface area contributed by atoms with Crippen molar-refractivity contribution in [2.75, 3.05) is 31.1 Å². The normalized spacial score (nSPS) is 14.2. The molecule has 0 unspecified atom stereocenters. The summed E-state index contributed by atoms with van der Waals surface area (Å²) in [5.74, 6) is 1.44. The molecule has 2 aromatic carbocycles. The Morgan fingerprint density at radius 1 is 0.947 bits per heavy atom. The maximum Gasteiger partial charge on any atom is 0.253 e. The Hall–Kier alpha value is -3.81. The number of carbonyl (C=O) groups is 1. The van der Waals surface area contributed by atoms with E-state index in [1.165, 1.54) is 17.7 Å². The van der Waals surface area contributed by atoms with Gasteiger partial charge in [-0.05, 0) is 68.1 Å². The summed E-state index contributed by atoms with van der Waals surface area (Å²) in [6.45, 7) is 9.03. The number of fused-ring (bicyclic) bond motifs is 1. The molecule has 198 valence electrons. The van der Waals surface area contributed by atoms with Crippen molar-refractivity contribution < 1.29 is 9.18 Å². The molecule has 1 aliphatic heterocycles. The maximum absolute atomic E-state index is 13.6. The smallest absolute Gasteiger partial charge is 0.253 e. The highest BCUT2D eigenvalue weighted by atomic mass is 19.1. The lowest BCUT2D eigenvalue weighted by Crippen LogP contribution is -2.35. The number of halogens is 1. The van der Waals surface area contributed by atoms with Gasteiger partial charge in [0.1, 0.15) is 17.5 Å². The number of hydrogen-bond donors (Lipinski definition) is 0. The largest absolute Gasteiger partial charge is 0.354 e. The highest BCUT2D eigenvalue weighted by Crippen LogP contribution is 2.30. The summed E-state index contributed by atoms with van der Waals surface area (Å²) in [6.07, 6.45) is 4.62. The summed E-state index contributed by atoms with van der Waals surface area (Å²) >= 11 is 0. The summed E-state index contributed by atoms with van der Waals surface area (Å²) in [4.78, 5) is 27.4. The summed E-state index contributed by atoms with van der Waals surface area (Å²) < 4.78 is 15.4. The zero-order valence-electron chi connectivity index (χ0n) is 22.5. The van der Waals surface area contributed by atoms with Gasteiger partial charge in [0.15, 0.2) is 5.65 Å². The number of anilines is 1. The fourth-order valence-corrected chi connectivity index (χ4v) is 5.04. The SMILES string of the molecule is CCCCc1nc(N2CCCN(C(=O)c3ccc(CC)cc3)CC2)c2c(C)nn(-c3ccc(F)cc3)c2n1. The first-order chi connectivity index (χ1) is 18.5. The fraction of sp³-hybridized carbons (Fsp3) is 0.400. The third-order valence-corrected chi connectivity index (χ3v) is 7.25. The van der Waals surface area contributed by atoms with Gasteiger partial charge in [-0.3, -0.25) is 4.79 Å². The van der Waals surface area contributed by atoms with E-state index < -0.39 is 0 Å². The minimum absolute atomic E-state index is 0.0753. The zero-order valence-corrected chi connectivity index (χ0v) is 22.5. The average Bonchev–Trinajstić information content (AvgIpc) is 3.11. The van der Waals surface area contributed by atoms with Crippen molar-refractivity contribution in [2.45, 2.75) is 52.9 Å². The summed E-state index contributed by atoms with van der Waals surface area (Å²) in [5.41, 5.74) is 4.29. The molecule has 0 saturated carbocycles. The molecule has 0 aliphatic carbocycles. The van der Waals surface area contributed by atoms with Crippen molar-refractivity contribution in [3.05, 3.63) is 77.0 Å². The van der Waals surface area contributed by atoms with Crippen LogP contribution in [0.25, 0.3) is 16.7 Å². The molecule has 1 aliphatic rings. The molecule has 3 heterocycles. The van der Waals surface area contributed by atoms with Crippen molar-refractivity contribution in [3.8, 4) is 5.69 Å². The predicted octanol–water partition coefficient (Wildman–Crippen LogP) is 5.52. The van der Waals surface area contributed by atoms with Crippen LogP contribution in [0.2, 0.25) is 0 Å². The quantitative estimate of drug-likeness (QED) is 0.325. The number of unbranched alkanes of at least 4 members (excludes halogenated alkanes) is 1. The van der Waals surface area contributed by atoms with E-state index in [1.807, 2.05) is 36.1 Å². The Labute approximate surface area is 223 Å². The van der Waals surface area contributed by atoms with E-state index in [0.717, 1.165) is 78.3 Å². The third kappa shape index (κ3) is 5.26. The molecule has 0 bridgehead atoms. The molecule has 1 amide bonds. The van der Waals surface area contributed by atoms with E-state index in [-0.39, 0.29) is 11.7 Å². The molecule has 4 aromatic rings. The van der Waals surface area contributed by atoms with Crippen LogP contribution >= 0.6 is 0 Å². The van der Waals surface area contributed by atoms with Gasteiger partial charge in [-0.15, -0.1) is 0 Å². The van der Waals surface area contributed by atoms with Crippen LogP contribution in [-0.2, 0) is 12.8 Å². The molecule has 8 heteroatoms. The molecule has 5 rings (SSSR count). The number of rotatable bonds is 7. The Morgan fingerprint density at radius 3 is 2.42 bits per heavy atom. The second-order valence-electron chi connectivity index (χ2n) is 9.92. The van der Waals surface area contributed by atoms with E-state index in [1.54, 1.807) is 16.8 Å². The molecule has 2 aromatic heterocycles. The molecule has 0 N–H and O–H groups in total. The minimum Gasteiger partial charge on any atom is -0.354 e. The number of aromatic nitrogens is 4. The van der Waals surface area contributed by atoms with Crippen LogP contribution in [0.4, 0.5) is 10.2 Å².